The van der Waals surface area contributed by atoms with Crippen molar-refractivity contribution in [1.29, 1.82) is 0 Å². The molecule has 0 aliphatic carbocycles. The fourth-order valence-corrected chi connectivity index (χ4v) is 2.31. The smallest absolute Gasteiger partial charge is 0.326 e. The van der Waals surface area contributed by atoms with Gasteiger partial charge in [0.25, 0.3) is 0 Å². The van der Waals surface area contributed by atoms with Crippen LogP contribution < -0.4 is 16.9 Å². The maximum Gasteiger partial charge on any atom is 0.418 e. The van der Waals surface area contributed by atoms with Crippen LogP contribution in [0.5, 0.6) is 0 Å². The van der Waals surface area contributed by atoms with E-state index in [1.807, 2.05) is 0 Å². The zero-order chi connectivity index (χ0) is 16.8. The average molecular weight is 324 g/mol. The zero-order valence-corrected chi connectivity index (χ0v) is 11.6. The second-order valence-electron chi connectivity index (χ2n) is 4.95. The summed E-state index contributed by atoms with van der Waals surface area (Å²) in [6.45, 7) is 0.187. The minimum atomic E-state index is -4.64. The number of H-pyrrole nitrogens is 2. The van der Waals surface area contributed by atoms with Crippen LogP contribution in [0.1, 0.15) is 11.1 Å². The standard InChI is InChI=1S/C14H11F3N4O2/c15-14(16,17)8-3-9-10(20-13(23)12(22)19-9)4-11(8)21-2-1-7(5-18)6-21/h1-4,6H,5,18H2,(H,19,22)(H,20,23). The second-order valence-corrected chi connectivity index (χ2v) is 4.95. The quantitative estimate of drug-likeness (QED) is 0.623. The lowest BCUT2D eigenvalue weighted by Crippen LogP contribution is -2.29. The third kappa shape index (κ3) is 2.66. The summed E-state index contributed by atoms with van der Waals surface area (Å²) < 4.78 is 41.3. The Labute approximate surface area is 126 Å². The van der Waals surface area contributed by atoms with Gasteiger partial charge >= 0.3 is 17.3 Å². The molecule has 1 aromatic carbocycles. The van der Waals surface area contributed by atoms with E-state index in [0.29, 0.717) is 5.56 Å². The largest absolute Gasteiger partial charge is 0.418 e. The molecule has 0 radical (unpaired) electrons. The highest BCUT2D eigenvalue weighted by Crippen LogP contribution is 2.35. The molecule has 23 heavy (non-hydrogen) atoms. The summed E-state index contributed by atoms with van der Waals surface area (Å²) in [4.78, 5) is 27.1. The molecule has 0 saturated heterocycles. The molecule has 0 saturated carbocycles. The molecule has 0 bridgehead atoms. The van der Waals surface area contributed by atoms with Crippen LogP contribution >= 0.6 is 0 Å². The van der Waals surface area contributed by atoms with Gasteiger partial charge in [0, 0.05) is 18.9 Å². The normalized spacial score (nSPS) is 12.0. The van der Waals surface area contributed by atoms with Crippen molar-refractivity contribution in [3.05, 3.63) is 62.4 Å². The van der Waals surface area contributed by atoms with Crippen molar-refractivity contribution in [2.45, 2.75) is 12.7 Å². The van der Waals surface area contributed by atoms with Crippen molar-refractivity contribution in [3.8, 4) is 5.69 Å². The Morgan fingerprint density at radius 2 is 1.70 bits per heavy atom. The van der Waals surface area contributed by atoms with Gasteiger partial charge in [-0.2, -0.15) is 13.2 Å². The first-order valence-corrected chi connectivity index (χ1v) is 6.54. The van der Waals surface area contributed by atoms with E-state index >= 15 is 0 Å². The first kappa shape index (κ1) is 15.1. The monoisotopic (exact) mass is 324 g/mol. The van der Waals surface area contributed by atoms with E-state index in [1.54, 1.807) is 6.07 Å². The predicted molar refractivity (Wildman–Crippen MR) is 77.4 cm³/mol. The molecule has 0 aliphatic heterocycles. The molecule has 6 nitrogen and oxygen atoms in total. The van der Waals surface area contributed by atoms with E-state index in [0.717, 1.165) is 12.1 Å². The summed E-state index contributed by atoms with van der Waals surface area (Å²) in [5, 5.41) is 0. The van der Waals surface area contributed by atoms with Crippen LogP contribution in [-0.4, -0.2) is 14.5 Å². The van der Waals surface area contributed by atoms with Crippen LogP contribution in [0.3, 0.4) is 0 Å². The minimum absolute atomic E-state index is 0.0978. The molecule has 9 heteroatoms. The van der Waals surface area contributed by atoms with Gasteiger partial charge in [-0.05, 0) is 23.8 Å². The molecule has 0 atom stereocenters. The number of benzene rings is 1. The topological polar surface area (TPSA) is 96.7 Å². The predicted octanol–water partition coefficient (Wildman–Crippen LogP) is 1.48. The number of halogens is 3. The first-order chi connectivity index (χ1) is 10.8. The van der Waals surface area contributed by atoms with Crippen molar-refractivity contribution in [2.75, 3.05) is 0 Å². The Hall–Kier alpha value is -2.81. The SMILES string of the molecule is NCc1ccn(-c2cc3[nH]c(=O)c(=O)[nH]c3cc2C(F)(F)F)c1. The maximum absolute atomic E-state index is 13.3. The van der Waals surface area contributed by atoms with Crippen molar-refractivity contribution in [3.63, 3.8) is 0 Å². The van der Waals surface area contributed by atoms with Crippen LogP contribution in [0.4, 0.5) is 13.2 Å². The third-order valence-electron chi connectivity index (χ3n) is 3.41. The summed E-state index contributed by atoms with van der Waals surface area (Å²) in [5.41, 5.74) is 3.07. The summed E-state index contributed by atoms with van der Waals surface area (Å²) in [5.74, 6) is 0. The van der Waals surface area contributed by atoms with Crippen molar-refractivity contribution in [2.24, 2.45) is 5.73 Å². The average Bonchev–Trinajstić information content (AvgIpc) is 2.95. The first-order valence-electron chi connectivity index (χ1n) is 6.54. The molecule has 4 N–H and O–H groups in total. The zero-order valence-electron chi connectivity index (χ0n) is 11.6. The van der Waals surface area contributed by atoms with E-state index in [4.69, 9.17) is 5.73 Å². The van der Waals surface area contributed by atoms with Gasteiger partial charge in [0.05, 0.1) is 22.3 Å². The van der Waals surface area contributed by atoms with E-state index < -0.39 is 22.9 Å². The van der Waals surface area contributed by atoms with Crippen LogP contribution in [0.2, 0.25) is 0 Å². The lowest BCUT2D eigenvalue weighted by atomic mass is 10.1. The number of aromatic amines is 2. The molecule has 0 amide bonds. The van der Waals surface area contributed by atoms with Crippen molar-refractivity contribution < 1.29 is 13.2 Å². The number of rotatable bonds is 2. The number of nitrogens with zero attached hydrogens (tertiary/aromatic N) is 1. The number of aromatic nitrogens is 3. The summed E-state index contributed by atoms with van der Waals surface area (Å²) >= 11 is 0. The van der Waals surface area contributed by atoms with E-state index in [1.165, 1.54) is 17.0 Å². The highest BCUT2D eigenvalue weighted by atomic mass is 19.4. The Morgan fingerprint density at radius 3 is 2.22 bits per heavy atom. The van der Waals surface area contributed by atoms with E-state index in [2.05, 4.69) is 9.97 Å². The fourth-order valence-electron chi connectivity index (χ4n) is 2.31. The summed E-state index contributed by atoms with van der Waals surface area (Å²) in [6, 6.07) is 3.56. The molecule has 3 rings (SSSR count). The third-order valence-corrected chi connectivity index (χ3v) is 3.41. The number of alkyl halides is 3. The van der Waals surface area contributed by atoms with Gasteiger partial charge in [-0.3, -0.25) is 9.59 Å². The van der Waals surface area contributed by atoms with Gasteiger partial charge in [0.2, 0.25) is 0 Å². The van der Waals surface area contributed by atoms with Crippen LogP contribution in [0.25, 0.3) is 16.7 Å². The second kappa shape index (κ2) is 5.13. The Bertz CT molecular complexity index is 998. The Kier molecular flexibility index (Phi) is 3.37. The minimum Gasteiger partial charge on any atom is -0.326 e. The number of nitrogens with one attached hydrogen (secondary N) is 2. The molecular formula is C14H11F3N4O2. The number of hydrogen-bond donors (Lipinski definition) is 3. The maximum atomic E-state index is 13.3. The van der Waals surface area contributed by atoms with Crippen LogP contribution in [-0.2, 0) is 12.7 Å². The lowest BCUT2D eigenvalue weighted by Gasteiger charge is -2.15. The molecule has 3 aromatic rings. The van der Waals surface area contributed by atoms with Crippen LogP contribution in [0, 0.1) is 0 Å². The van der Waals surface area contributed by atoms with E-state index in [9.17, 15) is 22.8 Å². The van der Waals surface area contributed by atoms with Crippen molar-refractivity contribution in [1.82, 2.24) is 14.5 Å². The number of nitrogens with two attached hydrogens (primary N) is 1. The number of fused-ring (bicyclic) bond motifs is 1. The Balaban J connectivity index is 2.35. The molecular weight excluding hydrogens is 313 g/mol. The van der Waals surface area contributed by atoms with Crippen LogP contribution in [0.15, 0.2) is 40.2 Å². The number of hydrogen-bond acceptors (Lipinski definition) is 3. The molecule has 0 unspecified atom stereocenters. The molecule has 2 aromatic heterocycles. The van der Waals surface area contributed by atoms with Crippen molar-refractivity contribution >= 4 is 11.0 Å². The molecule has 120 valence electrons. The summed E-state index contributed by atoms with van der Waals surface area (Å²) in [7, 11) is 0. The van der Waals surface area contributed by atoms with Gasteiger partial charge < -0.3 is 20.3 Å². The Morgan fingerprint density at radius 1 is 1.09 bits per heavy atom. The highest BCUT2D eigenvalue weighted by Gasteiger charge is 2.34. The molecule has 0 spiro atoms. The van der Waals surface area contributed by atoms with Gasteiger partial charge in [0.1, 0.15) is 0 Å². The van der Waals surface area contributed by atoms with E-state index in [-0.39, 0.29) is 23.3 Å². The molecule has 0 fully saturated rings. The van der Waals surface area contributed by atoms with Gasteiger partial charge in [-0.1, -0.05) is 0 Å². The summed E-state index contributed by atoms with van der Waals surface area (Å²) in [6.07, 6.45) is -1.72. The van der Waals surface area contributed by atoms with Gasteiger partial charge in [-0.25, -0.2) is 0 Å². The lowest BCUT2D eigenvalue weighted by molar-refractivity contribution is -0.137. The van der Waals surface area contributed by atoms with Gasteiger partial charge in [0.15, 0.2) is 0 Å². The van der Waals surface area contributed by atoms with Gasteiger partial charge in [-0.15, -0.1) is 0 Å². The fraction of sp³-hybridized carbons (Fsp3) is 0.143. The molecule has 0 aliphatic rings. The highest BCUT2D eigenvalue weighted by molar-refractivity contribution is 5.78. The molecule has 2 heterocycles.